The number of nitrogens with one attached hydrogen (secondary N) is 1. The van der Waals surface area contributed by atoms with Crippen LogP contribution in [0.4, 0.5) is 17.6 Å². The SMILES string of the molecule is O=C(CCCc1cccs1)NC(Cc1ccc(C(F)(F)F)cc1)C(=O)c1ccc(F)cc1. The Kier molecular flexibility index (Phi) is 7.80. The van der Waals surface area contributed by atoms with E-state index in [1.807, 2.05) is 17.5 Å². The predicted octanol–water partition coefficient (Wildman–Crippen LogP) is 5.84. The number of carbonyl (C=O) groups is 2. The molecule has 1 atom stereocenters. The predicted molar refractivity (Wildman–Crippen MR) is 115 cm³/mol. The van der Waals surface area contributed by atoms with Gasteiger partial charge in [0.15, 0.2) is 5.78 Å². The van der Waals surface area contributed by atoms with E-state index in [4.69, 9.17) is 0 Å². The summed E-state index contributed by atoms with van der Waals surface area (Å²) in [5.41, 5.74) is -0.111. The van der Waals surface area contributed by atoms with Crippen molar-refractivity contribution in [3.05, 3.63) is 93.4 Å². The van der Waals surface area contributed by atoms with Crippen molar-refractivity contribution in [2.45, 2.75) is 37.9 Å². The molecule has 0 spiro atoms. The fourth-order valence-corrected chi connectivity index (χ4v) is 3.99. The van der Waals surface area contributed by atoms with Crippen LogP contribution in [0.3, 0.4) is 0 Å². The molecule has 0 saturated heterocycles. The van der Waals surface area contributed by atoms with Crippen LogP contribution in [0.2, 0.25) is 0 Å². The topological polar surface area (TPSA) is 46.2 Å². The first-order valence-corrected chi connectivity index (χ1v) is 10.9. The molecule has 1 amide bonds. The number of benzene rings is 2. The number of thiophene rings is 1. The molecule has 3 rings (SSSR count). The highest BCUT2D eigenvalue weighted by Crippen LogP contribution is 2.29. The van der Waals surface area contributed by atoms with Gasteiger partial charge in [-0.1, -0.05) is 18.2 Å². The Bertz CT molecular complexity index is 1030. The van der Waals surface area contributed by atoms with Crippen LogP contribution in [-0.2, 0) is 23.8 Å². The summed E-state index contributed by atoms with van der Waals surface area (Å²) >= 11 is 1.60. The summed E-state index contributed by atoms with van der Waals surface area (Å²) in [5, 5.41) is 4.66. The van der Waals surface area contributed by atoms with Gasteiger partial charge in [0, 0.05) is 23.3 Å². The lowest BCUT2D eigenvalue weighted by Gasteiger charge is -2.18. The fourth-order valence-electron chi connectivity index (χ4n) is 3.23. The highest BCUT2D eigenvalue weighted by molar-refractivity contribution is 7.09. The molecule has 0 aliphatic rings. The zero-order valence-electron chi connectivity index (χ0n) is 17.0. The number of alkyl halides is 3. The third-order valence-electron chi connectivity index (χ3n) is 4.91. The highest BCUT2D eigenvalue weighted by Gasteiger charge is 2.30. The van der Waals surface area contributed by atoms with E-state index < -0.39 is 29.4 Å². The lowest BCUT2D eigenvalue weighted by atomic mass is 9.96. The molecule has 1 heterocycles. The molecule has 8 heteroatoms. The second-order valence-electron chi connectivity index (χ2n) is 7.32. The van der Waals surface area contributed by atoms with Crippen molar-refractivity contribution >= 4 is 23.0 Å². The molecule has 168 valence electrons. The van der Waals surface area contributed by atoms with Gasteiger partial charge in [-0.25, -0.2) is 4.39 Å². The minimum absolute atomic E-state index is 0.0189. The van der Waals surface area contributed by atoms with Crippen molar-refractivity contribution in [2.24, 2.45) is 0 Å². The normalized spacial score (nSPS) is 12.4. The van der Waals surface area contributed by atoms with E-state index in [2.05, 4.69) is 5.32 Å². The molecule has 1 aromatic heterocycles. The molecule has 0 saturated carbocycles. The summed E-state index contributed by atoms with van der Waals surface area (Å²) in [6.07, 6.45) is -2.90. The number of amides is 1. The third kappa shape index (κ3) is 6.75. The van der Waals surface area contributed by atoms with Crippen molar-refractivity contribution in [1.82, 2.24) is 5.32 Å². The minimum Gasteiger partial charge on any atom is -0.346 e. The van der Waals surface area contributed by atoms with Gasteiger partial charge in [-0.2, -0.15) is 13.2 Å². The van der Waals surface area contributed by atoms with Gasteiger partial charge >= 0.3 is 6.18 Å². The Balaban J connectivity index is 1.70. The summed E-state index contributed by atoms with van der Waals surface area (Å²) in [7, 11) is 0. The summed E-state index contributed by atoms with van der Waals surface area (Å²) < 4.78 is 51.7. The Morgan fingerprint density at radius 1 is 0.969 bits per heavy atom. The minimum atomic E-state index is -4.46. The van der Waals surface area contributed by atoms with Gasteiger partial charge < -0.3 is 5.32 Å². The van der Waals surface area contributed by atoms with E-state index >= 15 is 0 Å². The second-order valence-corrected chi connectivity index (χ2v) is 8.36. The average molecular weight is 463 g/mol. The van der Waals surface area contributed by atoms with Crippen molar-refractivity contribution in [2.75, 3.05) is 0 Å². The van der Waals surface area contributed by atoms with Gasteiger partial charge in [0.1, 0.15) is 5.82 Å². The van der Waals surface area contributed by atoms with Crippen LogP contribution < -0.4 is 5.32 Å². The zero-order valence-corrected chi connectivity index (χ0v) is 17.8. The molecule has 2 aromatic carbocycles. The molecular weight excluding hydrogens is 442 g/mol. The lowest BCUT2D eigenvalue weighted by Crippen LogP contribution is -2.42. The van der Waals surface area contributed by atoms with Crippen molar-refractivity contribution in [3.63, 3.8) is 0 Å². The molecule has 0 aliphatic heterocycles. The van der Waals surface area contributed by atoms with Gasteiger partial charge in [-0.3, -0.25) is 9.59 Å². The molecule has 1 unspecified atom stereocenters. The zero-order chi connectivity index (χ0) is 23.1. The fraction of sp³-hybridized carbons (Fsp3) is 0.250. The summed E-state index contributed by atoms with van der Waals surface area (Å²) in [6, 6.07) is 12.3. The molecule has 3 nitrogen and oxygen atoms in total. The molecule has 3 aromatic rings. The number of hydrogen-bond donors (Lipinski definition) is 1. The number of Topliss-reactive ketones (excluding diaryl/α,β-unsaturated/α-hetero) is 1. The molecule has 32 heavy (non-hydrogen) atoms. The van der Waals surface area contributed by atoms with E-state index in [0.717, 1.165) is 35.6 Å². The number of halogens is 4. The van der Waals surface area contributed by atoms with E-state index in [0.29, 0.717) is 12.0 Å². The molecular formula is C24H21F4NO2S. The van der Waals surface area contributed by atoms with Gasteiger partial charge in [0.05, 0.1) is 11.6 Å². The average Bonchev–Trinajstić information content (AvgIpc) is 3.26. The van der Waals surface area contributed by atoms with Gasteiger partial charge in [-0.05, 0) is 66.2 Å². The summed E-state index contributed by atoms with van der Waals surface area (Å²) in [6.45, 7) is 0. The largest absolute Gasteiger partial charge is 0.416 e. The second kappa shape index (κ2) is 10.5. The summed E-state index contributed by atoms with van der Waals surface area (Å²) in [4.78, 5) is 26.6. The Labute approximate surface area is 187 Å². The summed E-state index contributed by atoms with van der Waals surface area (Å²) in [5.74, 6) is -1.26. The smallest absolute Gasteiger partial charge is 0.346 e. The third-order valence-corrected chi connectivity index (χ3v) is 5.84. The van der Waals surface area contributed by atoms with Crippen LogP contribution in [0.5, 0.6) is 0 Å². The van der Waals surface area contributed by atoms with E-state index in [1.54, 1.807) is 11.3 Å². The van der Waals surface area contributed by atoms with Gasteiger partial charge in [0.25, 0.3) is 0 Å². The maximum atomic E-state index is 13.2. The first kappa shape index (κ1) is 23.7. The first-order chi connectivity index (χ1) is 15.2. The van der Waals surface area contributed by atoms with E-state index in [9.17, 15) is 27.2 Å². The first-order valence-electron chi connectivity index (χ1n) is 10.00. The standard InChI is InChI=1S/C24H21F4NO2S/c25-19-12-8-17(9-13-19)23(31)21(15-16-6-10-18(11-7-16)24(26,27)28)29-22(30)5-1-3-20-4-2-14-32-20/h2,4,6-14,21H,1,3,5,15H2,(H,29,30). The van der Waals surface area contributed by atoms with Crippen molar-refractivity contribution in [1.29, 1.82) is 0 Å². The molecule has 0 fully saturated rings. The lowest BCUT2D eigenvalue weighted by molar-refractivity contribution is -0.137. The highest BCUT2D eigenvalue weighted by atomic mass is 32.1. The van der Waals surface area contributed by atoms with Crippen molar-refractivity contribution in [3.8, 4) is 0 Å². The maximum Gasteiger partial charge on any atom is 0.416 e. The maximum absolute atomic E-state index is 13.2. The Morgan fingerprint density at radius 3 is 2.25 bits per heavy atom. The molecule has 0 aliphatic carbocycles. The van der Waals surface area contributed by atoms with Gasteiger partial charge in [-0.15, -0.1) is 11.3 Å². The van der Waals surface area contributed by atoms with Crippen LogP contribution >= 0.6 is 11.3 Å². The van der Waals surface area contributed by atoms with Crippen molar-refractivity contribution < 1.29 is 27.2 Å². The number of aryl methyl sites for hydroxylation is 1. The van der Waals surface area contributed by atoms with E-state index in [-0.39, 0.29) is 24.3 Å². The monoisotopic (exact) mass is 463 g/mol. The Morgan fingerprint density at radius 2 is 1.66 bits per heavy atom. The number of carbonyl (C=O) groups excluding carboxylic acids is 2. The van der Waals surface area contributed by atoms with Crippen LogP contribution in [0.25, 0.3) is 0 Å². The molecule has 0 radical (unpaired) electrons. The van der Waals surface area contributed by atoms with Crippen LogP contribution in [0.15, 0.2) is 66.0 Å². The van der Waals surface area contributed by atoms with Crippen LogP contribution in [-0.4, -0.2) is 17.7 Å². The van der Waals surface area contributed by atoms with E-state index in [1.165, 1.54) is 24.3 Å². The molecule has 1 N–H and O–H groups in total. The quantitative estimate of drug-likeness (QED) is 0.320. The Hall–Kier alpha value is -3.00. The van der Waals surface area contributed by atoms with Crippen LogP contribution in [0.1, 0.15) is 39.2 Å². The number of ketones is 1. The number of rotatable bonds is 9. The van der Waals surface area contributed by atoms with Gasteiger partial charge in [0.2, 0.25) is 5.91 Å². The van der Waals surface area contributed by atoms with Crippen LogP contribution in [0, 0.1) is 5.82 Å². The number of hydrogen-bond acceptors (Lipinski definition) is 3. The molecule has 0 bridgehead atoms.